The number of nitrogens with two attached hydrogens (primary N) is 2. The van der Waals surface area contributed by atoms with Gasteiger partial charge in [0.05, 0.1) is 11.4 Å². The summed E-state index contributed by atoms with van der Waals surface area (Å²) in [6.45, 7) is 2.03. The van der Waals surface area contributed by atoms with E-state index in [1.54, 1.807) is 36.7 Å². The Labute approximate surface area is 172 Å². The van der Waals surface area contributed by atoms with Crippen molar-refractivity contribution in [2.75, 3.05) is 11.5 Å². The zero-order valence-corrected chi connectivity index (χ0v) is 16.2. The van der Waals surface area contributed by atoms with Crippen LogP contribution in [0.2, 0.25) is 0 Å². The molecule has 2 unspecified atom stereocenters. The first-order chi connectivity index (χ1) is 14.5. The van der Waals surface area contributed by atoms with Crippen LogP contribution in [0.25, 0.3) is 10.8 Å². The summed E-state index contributed by atoms with van der Waals surface area (Å²) in [5, 5.41) is 1.73. The van der Waals surface area contributed by atoms with Gasteiger partial charge in [0.1, 0.15) is 17.5 Å². The first kappa shape index (κ1) is 18.2. The summed E-state index contributed by atoms with van der Waals surface area (Å²) >= 11 is 0. The molecule has 5 rings (SSSR count). The van der Waals surface area contributed by atoms with Crippen LogP contribution in [0.5, 0.6) is 0 Å². The number of pyridine rings is 3. The van der Waals surface area contributed by atoms with E-state index in [4.69, 9.17) is 21.4 Å². The van der Waals surface area contributed by atoms with Gasteiger partial charge in [-0.15, -0.1) is 0 Å². The van der Waals surface area contributed by atoms with Gasteiger partial charge >= 0.3 is 0 Å². The number of rotatable bonds is 2. The molecule has 4 aromatic rings. The van der Waals surface area contributed by atoms with Crippen LogP contribution in [0.3, 0.4) is 0 Å². The van der Waals surface area contributed by atoms with Gasteiger partial charge in [-0.2, -0.15) is 0 Å². The molecule has 0 radical (unpaired) electrons. The van der Waals surface area contributed by atoms with Crippen LogP contribution in [0.1, 0.15) is 29.7 Å². The van der Waals surface area contributed by atoms with Crippen molar-refractivity contribution in [3.8, 4) is 0 Å². The molecule has 2 atom stereocenters. The molecular formula is C23H19FN6. The van der Waals surface area contributed by atoms with Gasteiger partial charge in [-0.1, -0.05) is 31.2 Å². The van der Waals surface area contributed by atoms with Crippen molar-refractivity contribution in [1.29, 1.82) is 0 Å². The van der Waals surface area contributed by atoms with E-state index in [1.807, 2.05) is 25.1 Å². The molecule has 4 heterocycles. The van der Waals surface area contributed by atoms with Crippen LogP contribution in [0, 0.1) is 11.7 Å². The molecule has 0 aliphatic carbocycles. The lowest BCUT2D eigenvalue weighted by molar-refractivity contribution is 0.608. The van der Waals surface area contributed by atoms with Crippen LogP contribution in [0.15, 0.2) is 65.9 Å². The highest BCUT2D eigenvalue weighted by Gasteiger charge is 2.35. The van der Waals surface area contributed by atoms with Gasteiger partial charge in [-0.05, 0) is 24.3 Å². The highest BCUT2D eigenvalue weighted by atomic mass is 19.1. The van der Waals surface area contributed by atoms with Crippen LogP contribution in [-0.2, 0) is 0 Å². The Morgan fingerprint density at radius 2 is 1.67 bits per heavy atom. The topological polar surface area (TPSA) is 103 Å². The number of aromatic nitrogens is 3. The van der Waals surface area contributed by atoms with Gasteiger partial charge in [-0.3, -0.25) is 4.98 Å². The second kappa shape index (κ2) is 6.88. The second-order valence-electron chi connectivity index (χ2n) is 7.38. The molecule has 0 saturated carbocycles. The lowest BCUT2D eigenvalue weighted by atomic mass is 9.77. The van der Waals surface area contributed by atoms with Crippen molar-refractivity contribution in [3.05, 3.63) is 83.6 Å². The number of anilines is 2. The number of halogens is 1. The number of aliphatic imine (C=N–C) groups is 1. The average Bonchev–Trinajstić information content (AvgIpc) is 2.74. The summed E-state index contributed by atoms with van der Waals surface area (Å²) in [7, 11) is 0. The van der Waals surface area contributed by atoms with E-state index in [1.165, 1.54) is 6.07 Å². The molecule has 1 aliphatic heterocycles. The van der Waals surface area contributed by atoms with E-state index in [-0.39, 0.29) is 17.7 Å². The highest BCUT2D eigenvalue weighted by Crippen LogP contribution is 2.44. The molecule has 1 aliphatic rings. The molecule has 148 valence electrons. The zero-order chi connectivity index (χ0) is 20.8. The van der Waals surface area contributed by atoms with Crippen LogP contribution in [0.4, 0.5) is 21.8 Å². The van der Waals surface area contributed by atoms with Crippen molar-refractivity contribution in [3.63, 3.8) is 0 Å². The van der Waals surface area contributed by atoms with E-state index in [0.717, 1.165) is 22.0 Å². The summed E-state index contributed by atoms with van der Waals surface area (Å²) in [5.74, 6) is 0.597. The minimum Gasteiger partial charge on any atom is -0.384 e. The highest BCUT2D eigenvalue weighted by molar-refractivity contribution is 6.06. The van der Waals surface area contributed by atoms with Crippen molar-refractivity contribution in [1.82, 2.24) is 15.0 Å². The summed E-state index contributed by atoms with van der Waals surface area (Å²) in [6.07, 6.45) is 3.39. The third-order valence-corrected chi connectivity index (χ3v) is 5.62. The van der Waals surface area contributed by atoms with Gasteiger partial charge in [0.15, 0.2) is 5.82 Å². The fourth-order valence-corrected chi connectivity index (χ4v) is 4.21. The van der Waals surface area contributed by atoms with Crippen molar-refractivity contribution in [2.24, 2.45) is 10.9 Å². The SMILES string of the molecule is CC1C(c2ccccc2F)=Nc2nc(N)ccc2C1c1nccc2c(N)nccc12. The van der Waals surface area contributed by atoms with Gasteiger partial charge in [0.25, 0.3) is 0 Å². The van der Waals surface area contributed by atoms with Crippen molar-refractivity contribution < 1.29 is 4.39 Å². The maximum absolute atomic E-state index is 14.7. The van der Waals surface area contributed by atoms with E-state index in [0.29, 0.717) is 28.7 Å². The Balaban J connectivity index is 1.79. The third kappa shape index (κ3) is 2.78. The van der Waals surface area contributed by atoms with Crippen LogP contribution >= 0.6 is 0 Å². The summed E-state index contributed by atoms with van der Waals surface area (Å²) in [6, 6.07) is 14.1. The molecule has 0 spiro atoms. The Morgan fingerprint density at radius 3 is 2.50 bits per heavy atom. The van der Waals surface area contributed by atoms with E-state index >= 15 is 0 Å². The van der Waals surface area contributed by atoms with Crippen LogP contribution in [-0.4, -0.2) is 20.7 Å². The molecule has 4 N–H and O–H groups in total. The molecule has 0 amide bonds. The number of hydrogen-bond donors (Lipinski definition) is 2. The largest absolute Gasteiger partial charge is 0.384 e. The molecule has 6 nitrogen and oxygen atoms in total. The van der Waals surface area contributed by atoms with Gasteiger partial charge in [0.2, 0.25) is 0 Å². The number of nitrogen functional groups attached to an aromatic ring is 2. The molecular weight excluding hydrogens is 379 g/mol. The minimum atomic E-state index is -0.325. The smallest absolute Gasteiger partial charge is 0.158 e. The average molecular weight is 398 g/mol. The van der Waals surface area contributed by atoms with Gasteiger partial charge in [-0.25, -0.2) is 19.4 Å². The fraction of sp³-hybridized carbons (Fsp3) is 0.130. The summed E-state index contributed by atoms with van der Waals surface area (Å²) < 4.78 is 14.7. The molecule has 0 bridgehead atoms. The number of fused-ring (bicyclic) bond motifs is 2. The number of benzene rings is 1. The fourth-order valence-electron chi connectivity index (χ4n) is 4.21. The molecule has 3 aromatic heterocycles. The van der Waals surface area contributed by atoms with E-state index in [2.05, 4.69) is 9.97 Å². The van der Waals surface area contributed by atoms with E-state index < -0.39 is 0 Å². The van der Waals surface area contributed by atoms with Gasteiger partial charge < -0.3 is 11.5 Å². The monoisotopic (exact) mass is 398 g/mol. The maximum atomic E-state index is 14.7. The normalized spacial score (nSPS) is 18.1. The lowest BCUT2D eigenvalue weighted by Gasteiger charge is -2.31. The number of hydrogen-bond acceptors (Lipinski definition) is 6. The van der Waals surface area contributed by atoms with Crippen molar-refractivity contribution >= 4 is 33.9 Å². The molecule has 0 saturated heterocycles. The lowest BCUT2D eigenvalue weighted by Crippen LogP contribution is -2.27. The molecule has 1 aromatic carbocycles. The zero-order valence-electron chi connectivity index (χ0n) is 16.2. The summed E-state index contributed by atoms with van der Waals surface area (Å²) in [5.41, 5.74) is 14.8. The Hall–Kier alpha value is -3.87. The predicted molar refractivity (Wildman–Crippen MR) is 116 cm³/mol. The third-order valence-electron chi connectivity index (χ3n) is 5.62. The standard InChI is InChI=1S/C23H19FN6/c1-12-19(21-13-8-11-28-22(26)14(13)9-10-27-21)16-6-7-18(25)29-23(16)30-20(12)15-4-2-3-5-17(15)24/h2-12,19H,1H3,(H2,25,29)(H2,26,28). The second-order valence-corrected chi connectivity index (χ2v) is 7.38. The number of nitrogens with zero attached hydrogens (tertiary/aromatic N) is 4. The van der Waals surface area contributed by atoms with Crippen molar-refractivity contribution in [2.45, 2.75) is 12.8 Å². The molecule has 30 heavy (non-hydrogen) atoms. The molecule has 0 fully saturated rings. The Bertz CT molecular complexity index is 1320. The summed E-state index contributed by atoms with van der Waals surface area (Å²) in [4.78, 5) is 18.0. The Morgan fingerprint density at radius 1 is 0.900 bits per heavy atom. The first-order valence-corrected chi connectivity index (χ1v) is 9.63. The van der Waals surface area contributed by atoms with Gasteiger partial charge in [0, 0.05) is 46.1 Å². The quantitative estimate of drug-likeness (QED) is 0.526. The van der Waals surface area contributed by atoms with E-state index in [9.17, 15) is 4.39 Å². The first-order valence-electron chi connectivity index (χ1n) is 9.63. The van der Waals surface area contributed by atoms with Crippen LogP contribution < -0.4 is 11.5 Å². The predicted octanol–water partition coefficient (Wildman–Crippen LogP) is 4.23. The molecule has 7 heteroatoms. The minimum absolute atomic E-state index is 0.160. The maximum Gasteiger partial charge on any atom is 0.158 e. The Kier molecular flexibility index (Phi) is 4.17.